The molecular weight excluding hydrogens is 309 g/mol. The molecule has 1 saturated heterocycles. The zero-order valence-corrected chi connectivity index (χ0v) is 13.6. The molecule has 1 heterocycles. The standard InChI is InChI=1S/C15H21Cl2N3O/c1-10(18)15(21)19-12-4-6-20(7-5-12)9-11-2-3-13(16)14(17)8-11/h2-3,8,10,12H,4-7,9,18H2,1H3,(H,19,21). The number of likely N-dealkylation sites (tertiary alicyclic amines) is 1. The van der Waals surface area contributed by atoms with Crippen LogP contribution < -0.4 is 11.1 Å². The molecule has 0 aliphatic carbocycles. The van der Waals surface area contributed by atoms with E-state index >= 15 is 0 Å². The van der Waals surface area contributed by atoms with E-state index in [0.717, 1.165) is 38.0 Å². The molecule has 1 aliphatic rings. The highest BCUT2D eigenvalue weighted by Crippen LogP contribution is 2.24. The van der Waals surface area contributed by atoms with E-state index < -0.39 is 6.04 Å². The van der Waals surface area contributed by atoms with Crippen molar-refractivity contribution in [2.24, 2.45) is 5.73 Å². The molecule has 0 aromatic heterocycles. The Balaban J connectivity index is 1.81. The number of carbonyl (C=O) groups is 1. The van der Waals surface area contributed by atoms with Crippen molar-refractivity contribution in [2.45, 2.75) is 38.4 Å². The zero-order chi connectivity index (χ0) is 15.4. The fraction of sp³-hybridized carbons (Fsp3) is 0.533. The molecule has 116 valence electrons. The topological polar surface area (TPSA) is 58.4 Å². The molecule has 1 aromatic rings. The average molecular weight is 330 g/mol. The van der Waals surface area contributed by atoms with Crippen LogP contribution in [0, 0.1) is 0 Å². The molecule has 4 nitrogen and oxygen atoms in total. The maximum absolute atomic E-state index is 11.6. The Bertz CT molecular complexity index is 500. The first-order valence-electron chi connectivity index (χ1n) is 7.18. The van der Waals surface area contributed by atoms with Crippen LogP contribution in [0.1, 0.15) is 25.3 Å². The molecule has 1 unspecified atom stereocenters. The SMILES string of the molecule is CC(N)C(=O)NC1CCN(Cc2ccc(Cl)c(Cl)c2)CC1. The van der Waals surface area contributed by atoms with Crippen LogP contribution in [0.25, 0.3) is 0 Å². The molecule has 1 fully saturated rings. The van der Waals surface area contributed by atoms with Crippen molar-refractivity contribution in [3.8, 4) is 0 Å². The predicted octanol–water partition coefficient (Wildman–Crippen LogP) is 2.42. The number of nitrogens with two attached hydrogens (primary N) is 1. The fourth-order valence-corrected chi connectivity index (χ4v) is 2.78. The molecule has 21 heavy (non-hydrogen) atoms. The van der Waals surface area contributed by atoms with Gasteiger partial charge in [0.05, 0.1) is 16.1 Å². The van der Waals surface area contributed by atoms with Crippen LogP contribution in [-0.4, -0.2) is 36.0 Å². The lowest BCUT2D eigenvalue weighted by molar-refractivity contribution is -0.123. The van der Waals surface area contributed by atoms with Gasteiger partial charge in [0.2, 0.25) is 5.91 Å². The number of amides is 1. The monoisotopic (exact) mass is 329 g/mol. The molecule has 2 rings (SSSR count). The van der Waals surface area contributed by atoms with Crippen molar-refractivity contribution < 1.29 is 4.79 Å². The van der Waals surface area contributed by atoms with Crippen molar-refractivity contribution in [1.29, 1.82) is 0 Å². The van der Waals surface area contributed by atoms with Gasteiger partial charge >= 0.3 is 0 Å². The number of nitrogens with one attached hydrogen (secondary N) is 1. The van der Waals surface area contributed by atoms with Crippen LogP contribution in [0.5, 0.6) is 0 Å². The fourth-order valence-electron chi connectivity index (χ4n) is 2.46. The Morgan fingerprint density at radius 1 is 1.38 bits per heavy atom. The van der Waals surface area contributed by atoms with Gasteiger partial charge < -0.3 is 11.1 Å². The van der Waals surface area contributed by atoms with E-state index in [0.29, 0.717) is 10.0 Å². The van der Waals surface area contributed by atoms with Crippen molar-refractivity contribution in [3.63, 3.8) is 0 Å². The Kier molecular flexibility index (Phi) is 5.88. The van der Waals surface area contributed by atoms with Gasteiger partial charge in [-0.3, -0.25) is 9.69 Å². The van der Waals surface area contributed by atoms with Crippen LogP contribution in [-0.2, 0) is 11.3 Å². The van der Waals surface area contributed by atoms with Crippen molar-refractivity contribution >= 4 is 29.1 Å². The summed E-state index contributed by atoms with van der Waals surface area (Å²) in [4.78, 5) is 13.9. The predicted molar refractivity (Wildman–Crippen MR) is 86.6 cm³/mol. The second-order valence-electron chi connectivity index (χ2n) is 5.60. The van der Waals surface area contributed by atoms with Crippen LogP contribution >= 0.6 is 23.2 Å². The third kappa shape index (κ3) is 4.85. The summed E-state index contributed by atoms with van der Waals surface area (Å²) in [5, 5.41) is 4.16. The Hall–Kier alpha value is -0.810. The molecule has 3 N–H and O–H groups in total. The number of halogens is 2. The molecule has 0 spiro atoms. The van der Waals surface area contributed by atoms with Gasteiger partial charge in [-0.25, -0.2) is 0 Å². The van der Waals surface area contributed by atoms with Crippen molar-refractivity contribution in [1.82, 2.24) is 10.2 Å². The largest absolute Gasteiger partial charge is 0.352 e. The molecule has 6 heteroatoms. The van der Waals surface area contributed by atoms with Gasteiger partial charge in [-0.2, -0.15) is 0 Å². The molecule has 1 amide bonds. The summed E-state index contributed by atoms with van der Waals surface area (Å²) in [5.41, 5.74) is 6.72. The lowest BCUT2D eigenvalue weighted by Crippen LogP contribution is -2.48. The highest BCUT2D eigenvalue weighted by molar-refractivity contribution is 6.42. The Labute approximate surface area is 135 Å². The number of hydrogen-bond acceptors (Lipinski definition) is 3. The molecule has 1 aliphatic heterocycles. The maximum atomic E-state index is 11.6. The van der Waals surface area contributed by atoms with Gasteiger partial charge in [-0.05, 0) is 37.5 Å². The number of nitrogens with zero attached hydrogens (tertiary/aromatic N) is 1. The quantitative estimate of drug-likeness (QED) is 0.891. The summed E-state index contributed by atoms with van der Waals surface area (Å²) in [6.07, 6.45) is 1.89. The van der Waals surface area contributed by atoms with Gasteiger partial charge in [0.25, 0.3) is 0 Å². The van der Waals surface area contributed by atoms with E-state index in [1.54, 1.807) is 6.92 Å². The lowest BCUT2D eigenvalue weighted by atomic mass is 10.0. The zero-order valence-electron chi connectivity index (χ0n) is 12.1. The van der Waals surface area contributed by atoms with Crippen LogP contribution in [0.15, 0.2) is 18.2 Å². The van der Waals surface area contributed by atoms with Crippen LogP contribution in [0.2, 0.25) is 10.0 Å². The summed E-state index contributed by atoms with van der Waals surface area (Å²) in [6.45, 7) is 4.45. The van der Waals surface area contributed by atoms with E-state index in [4.69, 9.17) is 28.9 Å². The lowest BCUT2D eigenvalue weighted by Gasteiger charge is -2.32. The van der Waals surface area contributed by atoms with Crippen LogP contribution in [0.4, 0.5) is 0 Å². The van der Waals surface area contributed by atoms with Gasteiger partial charge in [0, 0.05) is 25.7 Å². The summed E-state index contributed by atoms with van der Waals surface area (Å²) < 4.78 is 0. The van der Waals surface area contributed by atoms with Gasteiger partial charge in [-0.15, -0.1) is 0 Å². The maximum Gasteiger partial charge on any atom is 0.236 e. The first kappa shape index (κ1) is 16.6. The third-order valence-corrected chi connectivity index (χ3v) is 4.48. The highest BCUT2D eigenvalue weighted by atomic mass is 35.5. The van der Waals surface area contributed by atoms with E-state index in [1.165, 1.54) is 0 Å². The second-order valence-corrected chi connectivity index (χ2v) is 6.41. The number of carbonyl (C=O) groups excluding carboxylic acids is 1. The van der Waals surface area contributed by atoms with Gasteiger partial charge in [-0.1, -0.05) is 29.3 Å². The number of rotatable bonds is 4. The first-order chi connectivity index (χ1) is 9.95. The van der Waals surface area contributed by atoms with Crippen molar-refractivity contribution in [2.75, 3.05) is 13.1 Å². The number of piperidine rings is 1. The first-order valence-corrected chi connectivity index (χ1v) is 7.93. The Morgan fingerprint density at radius 3 is 2.62 bits per heavy atom. The summed E-state index contributed by atoms with van der Waals surface area (Å²) in [5.74, 6) is -0.0714. The normalized spacial score (nSPS) is 18.5. The summed E-state index contributed by atoms with van der Waals surface area (Å²) in [7, 11) is 0. The number of benzene rings is 1. The summed E-state index contributed by atoms with van der Waals surface area (Å²) >= 11 is 12.0. The van der Waals surface area contributed by atoms with Crippen molar-refractivity contribution in [3.05, 3.63) is 33.8 Å². The van der Waals surface area contributed by atoms with E-state index in [1.807, 2.05) is 18.2 Å². The highest BCUT2D eigenvalue weighted by Gasteiger charge is 2.21. The summed E-state index contributed by atoms with van der Waals surface area (Å²) in [6, 6.07) is 5.52. The minimum atomic E-state index is -0.445. The van der Waals surface area contributed by atoms with Crippen LogP contribution in [0.3, 0.4) is 0 Å². The minimum Gasteiger partial charge on any atom is -0.352 e. The smallest absolute Gasteiger partial charge is 0.236 e. The Morgan fingerprint density at radius 2 is 2.05 bits per heavy atom. The molecular formula is C15H21Cl2N3O. The third-order valence-electron chi connectivity index (χ3n) is 3.74. The van der Waals surface area contributed by atoms with E-state index in [-0.39, 0.29) is 11.9 Å². The molecule has 0 radical (unpaired) electrons. The molecule has 1 aromatic carbocycles. The van der Waals surface area contributed by atoms with Gasteiger partial charge in [0.15, 0.2) is 0 Å². The second kappa shape index (κ2) is 7.45. The number of hydrogen-bond donors (Lipinski definition) is 2. The van der Waals surface area contributed by atoms with Gasteiger partial charge in [0.1, 0.15) is 0 Å². The van der Waals surface area contributed by atoms with E-state index in [9.17, 15) is 4.79 Å². The minimum absolute atomic E-state index is 0.0714. The molecule has 0 saturated carbocycles. The van der Waals surface area contributed by atoms with E-state index in [2.05, 4.69) is 10.2 Å². The average Bonchev–Trinajstić information content (AvgIpc) is 2.45. The molecule has 1 atom stereocenters. The molecule has 0 bridgehead atoms.